The van der Waals surface area contributed by atoms with Crippen LogP contribution in [0.5, 0.6) is 0 Å². The molecule has 0 unspecified atom stereocenters. The molecule has 0 atom stereocenters. The number of rotatable bonds is 4. The number of hydrogen-bond donors (Lipinski definition) is 1. The highest BCUT2D eigenvalue weighted by atomic mass is 79.9. The third-order valence-electron chi connectivity index (χ3n) is 2.25. The number of hydrogen-bond acceptors (Lipinski definition) is 1. The molecule has 1 rings (SSSR count). The quantitative estimate of drug-likeness (QED) is 0.898. The van der Waals surface area contributed by atoms with Gasteiger partial charge >= 0.3 is 0 Å². The average molecular weight is 294 g/mol. The number of benzene rings is 1. The Bertz CT molecular complexity index is 463. The number of carbonyl (C=O) groups excluding carboxylic acids is 1. The molecule has 0 aromatic heterocycles. The second-order valence-electron chi connectivity index (χ2n) is 4.04. The van der Waals surface area contributed by atoms with Crippen molar-refractivity contribution in [2.75, 3.05) is 0 Å². The van der Waals surface area contributed by atoms with Gasteiger partial charge in [-0.15, -0.1) is 0 Å². The molecule has 0 heterocycles. The van der Waals surface area contributed by atoms with E-state index in [4.69, 9.17) is 0 Å². The van der Waals surface area contributed by atoms with Gasteiger partial charge in [-0.1, -0.05) is 41.2 Å². The van der Waals surface area contributed by atoms with Crippen LogP contribution in [0, 0.1) is 0 Å². The highest BCUT2D eigenvalue weighted by Gasteiger charge is 2.09. The lowest BCUT2D eigenvalue weighted by atomic mass is 10.0. The van der Waals surface area contributed by atoms with E-state index in [1.807, 2.05) is 26.0 Å². The molecule has 3 heteroatoms. The number of carbonyl (C=O) groups is 1. The lowest BCUT2D eigenvalue weighted by Gasteiger charge is -2.10. The Morgan fingerprint density at radius 1 is 1.47 bits per heavy atom. The van der Waals surface area contributed by atoms with Crippen LogP contribution < -0.4 is 5.32 Å². The Balaban J connectivity index is 3.09. The van der Waals surface area contributed by atoms with Crippen molar-refractivity contribution in [2.45, 2.75) is 19.9 Å². The van der Waals surface area contributed by atoms with Gasteiger partial charge in [0.25, 0.3) is 5.91 Å². The Hall–Kier alpha value is -1.35. The van der Waals surface area contributed by atoms with Crippen molar-refractivity contribution in [1.82, 2.24) is 5.32 Å². The molecule has 0 saturated carbocycles. The van der Waals surface area contributed by atoms with Gasteiger partial charge in [0.2, 0.25) is 0 Å². The summed E-state index contributed by atoms with van der Waals surface area (Å²) >= 11 is 3.33. The van der Waals surface area contributed by atoms with E-state index in [0.717, 1.165) is 15.6 Å². The number of amides is 1. The van der Waals surface area contributed by atoms with Gasteiger partial charge in [-0.3, -0.25) is 4.79 Å². The first-order valence-electron chi connectivity index (χ1n) is 5.37. The van der Waals surface area contributed by atoms with Crippen LogP contribution in [0.3, 0.4) is 0 Å². The van der Waals surface area contributed by atoms with E-state index < -0.39 is 0 Å². The SMILES string of the molecule is C=Cc1cc(C(=O)NC(C)C)ccc1C(=C)Br. The fraction of sp³-hybridized carbons (Fsp3) is 0.214. The van der Waals surface area contributed by atoms with Gasteiger partial charge in [0, 0.05) is 16.1 Å². The van der Waals surface area contributed by atoms with E-state index >= 15 is 0 Å². The van der Waals surface area contributed by atoms with E-state index in [-0.39, 0.29) is 11.9 Å². The van der Waals surface area contributed by atoms with Gasteiger partial charge in [-0.25, -0.2) is 0 Å². The third-order valence-corrected chi connectivity index (χ3v) is 2.67. The summed E-state index contributed by atoms with van der Waals surface area (Å²) in [5.74, 6) is -0.0742. The molecule has 0 aliphatic heterocycles. The van der Waals surface area contributed by atoms with Gasteiger partial charge in [-0.05, 0) is 37.1 Å². The third kappa shape index (κ3) is 3.56. The van der Waals surface area contributed by atoms with E-state index in [9.17, 15) is 4.79 Å². The normalized spacial score (nSPS) is 10.1. The molecule has 2 nitrogen and oxygen atoms in total. The minimum absolute atomic E-state index is 0.0742. The topological polar surface area (TPSA) is 29.1 Å². The molecule has 1 aromatic carbocycles. The van der Waals surface area contributed by atoms with Gasteiger partial charge in [-0.2, -0.15) is 0 Å². The van der Waals surface area contributed by atoms with Crippen molar-refractivity contribution >= 4 is 32.4 Å². The van der Waals surface area contributed by atoms with Gasteiger partial charge in [0.1, 0.15) is 0 Å². The Morgan fingerprint density at radius 3 is 2.59 bits per heavy atom. The molecule has 90 valence electrons. The summed E-state index contributed by atoms with van der Waals surface area (Å²) in [6, 6.07) is 5.59. The maximum absolute atomic E-state index is 11.8. The van der Waals surface area contributed by atoms with Crippen LogP contribution in [0.15, 0.2) is 31.4 Å². The van der Waals surface area contributed by atoms with E-state index in [0.29, 0.717) is 5.56 Å². The summed E-state index contributed by atoms with van der Waals surface area (Å²) in [5.41, 5.74) is 2.47. The first-order chi connectivity index (χ1) is 7.95. The van der Waals surface area contributed by atoms with Crippen LogP contribution in [0.4, 0.5) is 0 Å². The monoisotopic (exact) mass is 293 g/mol. The number of nitrogens with one attached hydrogen (secondary N) is 1. The van der Waals surface area contributed by atoms with Crippen LogP contribution >= 0.6 is 15.9 Å². The minimum Gasteiger partial charge on any atom is -0.350 e. The van der Waals surface area contributed by atoms with Crippen molar-refractivity contribution in [3.05, 3.63) is 48.0 Å². The first-order valence-corrected chi connectivity index (χ1v) is 6.17. The molecular formula is C14H16BrNO. The van der Waals surface area contributed by atoms with Crippen LogP contribution in [0.1, 0.15) is 35.3 Å². The molecular weight excluding hydrogens is 278 g/mol. The van der Waals surface area contributed by atoms with Crippen molar-refractivity contribution in [3.8, 4) is 0 Å². The Kier molecular flexibility index (Phi) is 4.70. The molecule has 17 heavy (non-hydrogen) atoms. The molecule has 0 aliphatic carbocycles. The minimum atomic E-state index is -0.0742. The zero-order valence-corrected chi connectivity index (χ0v) is 11.7. The lowest BCUT2D eigenvalue weighted by molar-refractivity contribution is 0.0943. The molecule has 1 N–H and O–H groups in total. The first kappa shape index (κ1) is 13.7. The molecule has 0 fully saturated rings. The molecule has 0 bridgehead atoms. The van der Waals surface area contributed by atoms with Gasteiger partial charge in [0.15, 0.2) is 0 Å². The fourth-order valence-corrected chi connectivity index (χ4v) is 1.83. The van der Waals surface area contributed by atoms with Crippen LogP contribution in [0.25, 0.3) is 10.6 Å². The predicted molar refractivity (Wildman–Crippen MR) is 77.1 cm³/mol. The largest absolute Gasteiger partial charge is 0.350 e. The predicted octanol–water partition coefficient (Wildman–Crippen LogP) is 3.83. The highest BCUT2D eigenvalue weighted by molar-refractivity contribution is 9.15. The second-order valence-corrected chi connectivity index (χ2v) is 5.00. The highest BCUT2D eigenvalue weighted by Crippen LogP contribution is 2.24. The van der Waals surface area contributed by atoms with Crippen LogP contribution in [-0.4, -0.2) is 11.9 Å². The van der Waals surface area contributed by atoms with Crippen molar-refractivity contribution in [2.24, 2.45) is 0 Å². The summed E-state index contributed by atoms with van der Waals surface area (Å²) in [6.07, 6.45) is 1.72. The number of halogens is 1. The van der Waals surface area contributed by atoms with Gasteiger partial charge < -0.3 is 5.32 Å². The molecule has 0 saturated heterocycles. The van der Waals surface area contributed by atoms with E-state index in [1.54, 1.807) is 12.1 Å². The smallest absolute Gasteiger partial charge is 0.251 e. The molecule has 1 amide bonds. The summed E-state index contributed by atoms with van der Waals surface area (Å²) in [6.45, 7) is 11.4. The molecule has 0 radical (unpaired) electrons. The summed E-state index contributed by atoms with van der Waals surface area (Å²) < 4.78 is 0.781. The molecule has 0 aliphatic rings. The van der Waals surface area contributed by atoms with Crippen molar-refractivity contribution < 1.29 is 4.79 Å². The Labute approximate surface area is 111 Å². The summed E-state index contributed by atoms with van der Waals surface area (Å²) in [7, 11) is 0. The molecule has 1 aromatic rings. The average Bonchev–Trinajstić information content (AvgIpc) is 2.27. The fourth-order valence-electron chi connectivity index (χ4n) is 1.47. The van der Waals surface area contributed by atoms with E-state index in [2.05, 4.69) is 34.4 Å². The summed E-state index contributed by atoms with van der Waals surface area (Å²) in [4.78, 5) is 11.8. The van der Waals surface area contributed by atoms with Crippen LogP contribution in [0.2, 0.25) is 0 Å². The van der Waals surface area contributed by atoms with E-state index in [1.165, 1.54) is 0 Å². The second kappa shape index (κ2) is 5.82. The zero-order chi connectivity index (χ0) is 13.0. The maximum Gasteiger partial charge on any atom is 0.251 e. The Morgan fingerprint density at radius 2 is 2.12 bits per heavy atom. The molecule has 0 spiro atoms. The summed E-state index contributed by atoms with van der Waals surface area (Å²) in [5, 5.41) is 2.85. The zero-order valence-electron chi connectivity index (χ0n) is 10.1. The van der Waals surface area contributed by atoms with Crippen LogP contribution in [-0.2, 0) is 0 Å². The van der Waals surface area contributed by atoms with Crippen molar-refractivity contribution in [1.29, 1.82) is 0 Å². The standard InChI is InChI=1S/C14H16BrNO/c1-5-11-8-12(14(17)16-9(2)3)6-7-13(11)10(4)15/h5-9H,1,4H2,2-3H3,(H,16,17). The van der Waals surface area contributed by atoms with Gasteiger partial charge in [0.05, 0.1) is 0 Å². The lowest BCUT2D eigenvalue weighted by Crippen LogP contribution is -2.30. The maximum atomic E-state index is 11.8. The van der Waals surface area contributed by atoms with Crippen molar-refractivity contribution in [3.63, 3.8) is 0 Å².